The predicted molar refractivity (Wildman–Crippen MR) is 146 cm³/mol. The van der Waals surface area contributed by atoms with Gasteiger partial charge in [0.1, 0.15) is 0 Å². The van der Waals surface area contributed by atoms with Gasteiger partial charge in [-0.05, 0) is 49.8 Å². The van der Waals surface area contributed by atoms with E-state index in [1.807, 2.05) is 60.7 Å². The quantitative estimate of drug-likeness (QED) is 0.477. The van der Waals surface area contributed by atoms with E-state index in [4.69, 9.17) is 0 Å². The fourth-order valence-corrected chi connectivity index (χ4v) is 5.46. The summed E-state index contributed by atoms with van der Waals surface area (Å²) in [5.41, 5.74) is 0.817. The first-order chi connectivity index (χ1) is 18.2. The molecule has 0 aromatic heterocycles. The second-order valence-corrected chi connectivity index (χ2v) is 11.2. The first-order valence-electron chi connectivity index (χ1n) is 13.7. The fourth-order valence-electron chi connectivity index (χ4n) is 5.46. The number of carbonyl (C=O) groups excluding carboxylic acids is 4. The molecule has 4 rings (SSSR count). The Kier molecular flexibility index (Phi) is 9.10. The monoisotopic (exact) mass is 517 g/mol. The maximum Gasteiger partial charge on any atom is 0.240 e. The molecule has 2 N–H and O–H groups in total. The number of carbonyl (C=O) groups is 4. The number of nitrogens with one attached hydrogen (secondary N) is 2. The molecule has 2 aromatic rings. The van der Waals surface area contributed by atoms with Crippen molar-refractivity contribution in [3.05, 3.63) is 71.8 Å². The highest BCUT2D eigenvalue weighted by Crippen LogP contribution is 2.28. The van der Waals surface area contributed by atoms with Crippen LogP contribution in [0.2, 0.25) is 0 Å². The van der Waals surface area contributed by atoms with E-state index in [0.29, 0.717) is 19.4 Å². The van der Waals surface area contributed by atoms with Gasteiger partial charge in [-0.2, -0.15) is 0 Å². The third-order valence-corrected chi connectivity index (χ3v) is 7.69. The van der Waals surface area contributed by atoms with Crippen molar-refractivity contribution in [1.82, 2.24) is 15.5 Å². The van der Waals surface area contributed by atoms with Gasteiger partial charge in [-0.25, -0.2) is 0 Å². The van der Waals surface area contributed by atoms with Gasteiger partial charge >= 0.3 is 0 Å². The summed E-state index contributed by atoms with van der Waals surface area (Å²) in [6.07, 6.45) is 3.77. The lowest BCUT2D eigenvalue weighted by Crippen LogP contribution is -2.51. The standard InChI is InChI=1S/C31H39N3O4/c1-31(2,21-28(36)26-16-10-18-34(26)29(37)24-15-9-17-32-24)30(38)33-25(19-22-11-5-3-6-12-22)27(35)20-23-13-7-4-8-14-23/h3-8,11-14,24-26,32H,9-10,15-21H2,1-2H3,(H,33,38)/t24-,25?,26?/m1/s1. The van der Waals surface area contributed by atoms with E-state index in [2.05, 4.69) is 10.6 Å². The van der Waals surface area contributed by atoms with Gasteiger partial charge in [-0.1, -0.05) is 74.5 Å². The highest BCUT2D eigenvalue weighted by Gasteiger charge is 2.41. The molecule has 0 radical (unpaired) electrons. The van der Waals surface area contributed by atoms with Gasteiger partial charge in [0.15, 0.2) is 11.6 Å². The Hall–Kier alpha value is -3.32. The summed E-state index contributed by atoms with van der Waals surface area (Å²) >= 11 is 0. The summed E-state index contributed by atoms with van der Waals surface area (Å²) in [5.74, 6) is -0.507. The zero-order valence-electron chi connectivity index (χ0n) is 22.4. The van der Waals surface area contributed by atoms with Gasteiger partial charge in [0.25, 0.3) is 0 Å². The smallest absolute Gasteiger partial charge is 0.240 e. The number of Topliss-reactive ketones (excluding diaryl/α,β-unsaturated/α-hetero) is 2. The lowest BCUT2D eigenvalue weighted by atomic mass is 9.83. The summed E-state index contributed by atoms with van der Waals surface area (Å²) < 4.78 is 0. The van der Waals surface area contributed by atoms with Crippen molar-refractivity contribution in [3.63, 3.8) is 0 Å². The summed E-state index contributed by atoms with van der Waals surface area (Å²) in [4.78, 5) is 54.9. The fraction of sp³-hybridized carbons (Fsp3) is 0.484. The Morgan fingerprint density at radius 1 is 0.947 bits per heavy atom. The van der Waals surface area contributed by atoms with Crippen LogP contribution in [0.1, 0.15) is 57.1 Å². The first-order valence-corrected chi connectivity index (χ1v) is 13.7. The number of hydrogen-bond acceptors (Lipinski definition) is 5. The van der Waals surface area contributed by atoms with Crippen molar-refractivity contribution in [2.75, 3.05) is 13.1 Å². The summed E-state index contributed by atoms with van der Waals surface area (Å²) in [5, 5.41) is 6.20. The molecule has 2 heterocycles. The highest BCUT2D eigenvalue weighted by molar-refractivity contribution is 5.97. The minimum Gasteiger partial charge on any atom is -0.345 e. The van der Waals surface area contributed by atoms with Gasteiger partial charge < -0.3 is 15.5 Å². The molecule has 38 heavy (non-hydrogen) atoms. The van der Waals surface area contributed by atoms with E-state index in [0.717, 1.165) is 36.9 Å². The minimum absolute atomic E-state index is 0.00459. The Labute approximate surface area is 225 Å². The Bertz CT molecular complexity index is 1130. The van der Waals surface area contributed by atoms with E-state index in [-0.39, 0.29) is 42.3 Å². The molecule has 2 amide bonds. The lowest BCUT2D eigenvalue weighted by Gasteiger charge is -2.30. The molecule has 0 saturated carbocycles. The van der Waals surface area contributed by atoms with Gasteiger partial charge in [-0.15, -0.1) is 0 Å². The number of nitrogens with zero attached hydrogens (tertiary/aromatic N) is 1. The largest absolute Gasteiger partial charge is 0.345 e. The van der Waals surface area contributed by atoms with E-state index >= 15 is 0 Å². The van der Waals surface area contributed by atoms with Crippen LogP contribution in [0.25, 0.3) is 0 Å². The molecular formula is C31H39N3O4. The van der Waals surface area contributed by atoms with Crippen LogP contribution >= 0.6 is 0 Å². The number of benzene rings is 2. The van der Waals surface area contributed by atoms with Crippen LogP contribution in [-0.2, 0) is 32.0 Å². The molecule has 7 nitrogen and oxygen atoms in total. The van der Waals surface area contributed by atoms with Gasteiger partial charge in [0.2, 0.25) is 11.8 Å². The Morgan fingerprint density at radius 3 is 2.24 bits per heavy atom. The molecule has 2 saturated heterocycles. The number of hydrogen-bond donors (Lipinski definition) is 2. The van der Waals surface area contributed by atoms with E-state index in [1.165, 1.54) is 0 Å². The zero-order valence-corrected chi connectivity index (χ0v) is 22.4. The number of likely N-dealkylation sites (tertiary alicyclic amines) is 1. The van der Waals surface area contributed by atoms with Gasteiger partial charge in [0.05, 0.1) is 23.5 Å². The van der Waals surface area contributed by atoms with Crippen molar-refractivity contribution in [2.24, 2.45) is 5.41 Å². The van der Waals surface area contributed by atoms with Crippen LogP contribution in [0.3, 0.4) is 0 Å². The molecule has 7 heteroatoms. The molecule has 0 bridgehead atoms. The second-order valence-electron chi connectivity index (χ2n) is 11.2. The summed E-state index contributed by atoms with van der Waals surface area (Å²) in [7, 11) is 0. The molecule has 3 atom stereocenters. The van der Waals surface area contributed by atoms with Crippen LogP contribution in [0.5, 0.6) is 0 Å². The molecule has 2 aromatic carbocycles. The van der Waals surface area contributed by atoms with Crippen LogP contribution in [-0.4, -0.2) is 59.5 Å². The third kappa shape index (κ3) is 6.95. The maximum atomic E-state index is 13.5. The number of rotatable bonds is 11. The minimum atomic E-state index is -1.03. The average Bonchev–Trinajstić information content (AvgIpc) is 3.62. The van der Waals surface area contributed by atoms with Crippen molar-refractivity contribution in [1.29, 1.82) is 0 Å². The van der Waals surface area contributed by atoms with Crippen molar-refractivity contribution in [2.45, 2.75) is 76.9 Å². The van der Waals surface area contributed by atoms with Crippen LogP contribution < -0.4 is 10.6 Å². The van der Waals surface area contributed by atoms with E-state index in [9.17, 15) is 19.2 Å². The normalized spacial score (nSPS) is 20.2. The molecule has 202 valence electrons. The molecular weight excluding hydrogens is 478 g/mol. The Morgan fingerprint density at radius 2 is 1.61 bits per heavy atom. The number of ketones is 2. The van der Waals surface area contributed by atoms with Gasteiger partial charge in [0, 0.05) is 19.4 Å². The Balaban J connectivity index is 1.43. The van der Waals surface area contributed by atoms with E-state index < -0.39 is 17.5 Å². The maximum absolute atomic E-state index is 13.5. The number of amides is 2. The predicted octanol–water partition coefficient (Wildman–Crippen LogP) is 3.25. The van der Waals surface area contributed by atoms with Crippen molar-refractivity contribution >= 4 is 23.4 Å². The molecule has 2 unspecified atom stereocenters. The third-order valence-electron chi connectivity index (χ3n) is 7.69. The van der Waals surface area contributed by atoms with Crippen LogP contribution in [0, 0.1) is 5.41 Å². The van der Waals surface area contributed by atoms with Crippen molar-refractivity contribution < 1.29 is 19.2 Å². The molecule has 2 aliphatic rings. The average molecular weight is 518 g/mol. The highest BCUT2D eigenvalue weighted by atomic mass is 16.2. The lowest BCUT2D eigenvalue weighted by molar-refractivity contribution is -0.141. The molecule has 2 aliphatic heterocycles. The summed E-state index contributed by atoms with van der Waals surface area (Å²) in [6, 6.07) is 17.7. The molecule has 0 spiro atoms. The summed E-state index contributed by atoms with van der Waals surface area (Å²) in [6.45, 7) is 4.87. The molecule has 2 fully saturated rings. The SMILES string of the molecule is CC(C)(CC(=O)C1CCCN1C(=O)[C@H]1CCCN1)C(=O)NC(Cc1ccccc1)C(=O)Cc1ccccc1. The van der Waals surface area contributed by atoms with E-state index in [1.54, 1.807) is 18.7 Å². The van der Waals surface area contributed by atoms with Gasteiger partial charge in [-0.3, -0.25) is 19.2 Å². The topological polar surface area (TPSA) is 95.6 Å². The van der Waals surface area contributed by atoms with Crippen LogP contribution in [0.15, 0.2) is 60.7 Å². The first kappa shape index (κ1) is 27.7. The zero-order chi connectivity index (χ0) is 27.1. The van der Waals surface area contributed by atoms with Crippen LogP contribution in [0.4, 0.5) is 0 Å². The van der Waals surface area contributed by atoms with Crippen molar-refractivity contribution in [3.8, 4) is 0 Å². The molecule has 0 aliphatic carbocycles. The second kappa shape index (κ2) is 12.5.